The maximum absolute atomic E-state index is 10.8. The monoisotopic (exact) mass is 325 g/mol. The second-order valence-electron chi connectivity index (χ2n) is 4.48. The Morgan fingerprint density at radius 2 is 1.95 bits per heavy atom. The van der Waals surface area contributed by atoms with Gasteiger partial charge >= 0.3 is 0 Å². The van der Waals surface area contributed by atoms with Gasteiger partial charge in [0.25, 0.3) is 5.69 Å². The average molecular weight is 326 g/mol. The summed E-state index contributed by atoms with van der Waals surface area (Å²) in [6, 6.07) is 9.73. The van der Waals surface area contributed by atoms with Crippen LogP contribution < -0.4 is 11.1 Å². The van der Waals surface area contributed by atoms with Crippen LogP contribution >= 0.6 is 23.2 Å². The third-order valence-electron chi connectivity index (χ3n) is 2.89. The van der Waals surface area contributed by atoms with Gasteiger partial charge in [0.2, 0.25) is 0 Å². The van der Waals surface area contributed by atoms with E-state index in [1.54, 1.807) is 18.2 Å². The highest BCUT2D eigenvalue weighted by Gasteiger charge is 2.08. The van der Waals surface area contributed by atoms with Crippen molar-refractivity contribution >= 4 is 40.3 Å². The van der Waals surface area contributed by atoms with Crippen LogP contribution in [0.3, 0.4) is 0 Å². The molecule has 0 unspecified atom stereocenters. The summed E-state index contributed by atoms with van der Waals surface area (Å²) in [5.74, 6) is 0. The van der Waals surface area contributed by atoms with Gasteiger partial charge in [0, 0.05) is 40.1 Å². The van der Waals surface area contributed by atoms with Gasteiger partial charge < -0.3 is 11.1 Å². The summed E-state index contributed by atoms with van der Waals surface area (Å²) in [6.45, 7) is 0.571. The first-order chi connectivity index (χ1) is 9.95. The number of nitrogens with one attached hydrogen (secondary N) is 1. The van der Waals surface area contributed by atoms with E-state index in [9.17, 15) is 10.1 Å². The van der Waals surface area contributed by atoms with Crippen LogP contribution in [0.1, 0.15) is 5.56 Å². The van der Waals surface area contributed by atoms with Crippen molar-refractivity contribution in [2.45, 2.75) is 6.42 Å². The van der Waals surface area contributed by atoms with Crippen molar-refractivity contribution in [2.24, 2.45) is 0 Å². The number of hydrogen-bond donors (Lipinski definition) is 2. The molecule has 0 atom stereocenters. The van der Waals surface area contributed by atoms with Crippen LogP contribution in [0.4, 0.5) is 17.1 Å². The lowest BCUT2D eigenvalue weighted by Gasteiger charge is -2.09. The lowest BCUT2D eigenvalue weighted by atomic mass is 10.1. The van der Waals surface area contributed by atoms with E-state index in [4.69, 9.17) is 28.9 Å². The topological polar surface area (TPSA) is 81.2 Å². The van der Waals surface area contributed by atoms with Crippen LogP contribution in [0, 0.1) is 10.1 Å². The second kappa shape index (κ2) is 6.65. The molecule has 0 saturated heterocycles. The van der Waals surface area contributed by atoms with Gasteiger partial charge in [0.1, 0.15) is 0 Å². The van der Waals surface area contributed by atoms with Gasteiger partial charge in [0.15, 0.2) is 0 Å². The van der Waals surface area contributed by atoms with Crippen molar-refractivity contribution in [1.29, 1.82) is 0 Å². The second-order valence-corrected chi connectivity index (χ2v) is 5.33. The van der Waals surface area contributed by atoms with Crippen LogP contribution in [-0.4, -0.2) is 11.5 Å². The van der Waals surface area contributed by atoms with Crippen molar-refractivity contribution in [1.82, 2.24) is 0 Å². The molecule has 2 aromatic rings. The summed E-state index contributed by atoms with van der Waals surface area (Å²) in [6.07, 6.45) is 0.665. The number of nitrogens with zero attached hydrogens (tertiary/aromatic N) is 1. The zero-order chi connectivity index (χ0) is 15.4. The Morgan fingerprint density at radius 3 is 2.62 bits per heavy atom. The maximum atomic E-state index is 10.8. The highest BCUT2D eigenvalue weighted by molar-refractivity contribution is 6.35. The van der Waals surface area contributed by atoms with E-state index in [2.05, 4.69) is 5.32 Å². The Morgan fingerprint density at radius 1 is 1.19 bits per heavy atom. The normalized spacial score (nSPS) is 10.4. The fourth-order valence-corrected chi connectivity index (χ4v) is 2.41. The summed E-state index contributed by atoms with van der Waals surface area (Å²) in [5.41, 5.74) is 7.50. The smallest absolute Gasteiger partial charge is 0.273 e. The molecule has 0 fully saturated rings. The summed E-state index contributed by atoms with van der Waals surface area (Å²) in [7, 11) is 0. The van der Waals surface area contributed by atoms with Gasteiger partial charge in [-0.2, -0.15) is 0 Å². The number of hydrogen-bond acceptors (Lipinski definition) is 4. The van der Waals surface area contributed by atoms with Gasteiger partial charge in [-0.05, 0) is 30.2 Å². The van der Waals surface area contributed by atoms with Crippen LogP contribution in [0.2, 0.25) is 10.0 Å². The molecular formula is C14H13Cl2N3O2. The average Bonchev–Trinajstić information content (AvgIpc) is 2.40. The Kier molecular flexibility index (Phi) is 4.88. The first kappa shape index (κ1) is 15.4. The molecule has 0 aromatic heterocycles. The number of nitrogens with two attached hydrogens (primary N) is 1. The van der Waals surface area contributed by atoms with Gasteiger partial charge in [-0.3, -0.25) is 10.1 Å². The molecule has 2 aromatic carbocycles. The lowest BCUT2D eigenvalue weighted by molar-refractivity contribution is -0.384. The Balaban J connectivity index is 2.01. The van der Waals surface area contributed by atoms with Crippen molar-refractivity contribution < 1.29 is 4.92 Å². The van der Waals surface area contributed by atoms with Crippen LogP contribution in [0.25, 0.3) is 0 Å². The number of non-ortho nitro benzene ring substituents is 1. The molecule has 5 nitrogen and oxygen atoms in total. The van der Waals surface area contributed by atoms with Crippen LogP contribution in [0.5, 0.6) is 0 Å². The minimum Gasteiger partial charge on any atom is -0.398 e. The molecular weight excluding hydrogens is 313 g/mol. The highest BCUT2D eigenvalue weighted by atomic mass is 35.5. The van der Waals surface area contributed by atoms with E-state index in [0.717, 1.165) is 5.56 Å². The molecule has 0 saturated carbocycles. The SMILES string of the molecule is Nc1cc(NCCc2ccc(Cl)cc2Cl)cc([N+](=O)[O-])c1. The van der Waals surface area contributed by atoms with Gasteiger partial charge in [-0.15, -0.1) is 0 Å². The molecule has 0 heterocycles. The minimum atomic E-state index is -0.475. The number of nitrogen functional groups attached to an aromatic ring is 1. The molecule has 0 aliphatic rings. The molecule has 0 amide bonds. The molecule has 0 aliphatic carbocycles. The molecule has 110 valence electrons. The van der Waals surface area contributed by atoms with E-state index in [0.29, 0.717) is 34.4 Å². The molecule has 0 aliphatic heterocycles. The Bertz CT molecular complexity index is 677. The zero-order valence-corrected chi connectivity index (χ0v) is 12.5. The third kappa shape index (κ3) is 4.24. The van der Waals surface area contributed by atoms with Crippen molar-refractivity contribution in [2.75, 3.05) is 17.6 Å². The van der Waals surface area contributed by atoms with E-state index >= 15 is 0 Å². The predicted molar refractivity (Wildman–Crippen MR) is 86.2 cm³/mol. The molecule has 0 radical (unpaired) electrons. The lowest BCUT2D eigenvalue weighted by Crippen LogP contribution is -2.06. The molecule has 21 heavy (non-hydrogen) atoms. The van der Waals surface area contributed by atoms with E-state index < -0.39 is 4.92 Å². The number of nitro benzene ring substituents is 1. The Hall–Kier alpha value is -1.98. The molecule has 2 rings (SSSR count). The van der Waals surface area contributed by atoms with E-state index in [1.807, 2.05) is 6.07 Å². The molecule has 3 N–H and O–H groups in total. The summed E-state index contributed by atoms with van der Waals surface area (Å²) >= 11 is 11.9. The number of nitro groups is 1. The quantitative estimate of drug-likeness (QED) is 0.491. The van der Waals surface area contributed by atoms with Crippen LogP contribution in [0.15, 0.2) is 36.4 Å². The maximum Gasteiger partial charge on any atom is 0.273 e. The standard InChI is InChI=1S/C14H13Cl2N3O2/c15-10-2-1-9(14(16)5-10)3-4-18-12-6-11(17)7-13(8-12)19(20)21/h1-2,5-8,18H,3-4,17H2. The number of rotatable bonds is 5. The van der Waals surface area contributed by atoms with Crippen molar-refractivity contribution in [3.63, 3.8) is 0 Å². The minimum absolute atomic E-state index is 0.0398. The fraction of sp³-hybridized carbons (Fsp3) is 0.143. The Labute approximate surface area is 131 Å². The molecule has 7 heteroatoms. The first-order valence-electron chi connectivity index (χ1n) is 6.18. The van der Waals surface area contributed by atoms with Gasteiger partial charge in [0.05, 0.1) is 4.92 Å². The number of benzene rings is 2. The zero-order valence-electron chi connectivity index (χ0n) is 11.0. The summed E-state index contributed by atoms with van der Waals surface area (Å²) in [4.78, 5) is 10.3. The fourth-order valence-electron chi connectivity index (χ4n) is 1.91. The van der Waals surface area contributed by atoms with Crippen LogP contribution in [-0.2, 0) is 6.42 Å². The molecule has 0 bridgehead atoms. The number of anilines is 2. The third-order valence-corrected chi connectivity index (χ3v) is 3.48. The van der Waals surface area contributed by atoms with Crippen molar-refractivity contribution in [3.8, 4) is 0 Å². The highest BCUT2D eigenvalue weighted by Crippen LogP contribution is 2.24. The predicted octanol–water partition coefficient (Wildman–Crippen LogP) is 4.14. The molecule has 0 spiro atoms. The van der Waals surface area contributed by atoms with E-state index in [1.165, 1.54) is 12.1 Å². The van der Waals surface area contributed by atoms with Gasteiger partial charge in [-0.25, -0.2) is 0 Å². The largest absolute Gasteiger partial charge is 0.398 e. The van der Waals surface area contributed by atoms with Gasteiger partial charge in [-0.1, -0.05) is 29.3 Å². The summed E-state index contributed by atoms with van der Waals surface area (Å²) in [5, 5.41) is 15.1. The van der Waals surface area contributed by atoms with Crippen molar-refractivity contribution in [3.05, 3.63) is 62.1 Å². The summed E-state index contributed by atoms with van der Waals surface area (Å²) < 4.78 is 0. The van der Waals surface area contributed by atoms with E-state index in [-0.39, 0.29) is 5.69 Å². The first-order valence-corrected chi connectivity index (χ1v) is 6.94. The number of halogens is 2.